The first-order chi connectivity index (χ1) is 12.0. The van der Waals surface area contributed by atoms with Crippen LogP contribution in [0.5, 0.6) is 11.5 Å². The van der Waals surface area contributed by atoms with Crippen LogP contribution in [-0.4, -0.2) is 29.7 Å². The Balaban J connectivity index is 1.64. The van der Waals surface area contributed by atoms with Crippen LogP contribution in [0.3, 0.4) is 0 Å². The molecule has 0 unspecified atom stereocenters. The van der Waals surface area contributed by atoms with Crippen molar-refractivity contribution in [3.05, 3.63) is 59.9 Å². The second-order valence-electron chi connectivity index (χ2n) is 6.19. The van der Waals surface area contributed by atoms with E-state index in [1.165, 1.54) is 6.07 Å². The van der Waals surface area contributed by atoms with Crippen LogP contribution in [0.1, 0.15) is 24.9 Å². The number of hydrogen-bond donors (Lipinski definition) is 3. The molecule has 1 heterocycles. The molecule has 132 valence electrons. The highest BCUT2D eigenvalue weighted by Crippen LogP contribution is 2.27. The lowest BCUT2D eigenvalue weighted by Gasteiger charge is -2.18. The van der Waals surface area contributed by atoms with Crippen molar-refractivity contribution in [3.8, 4) is 11.5 Å². The minimum absolute atomic E-state index is 0.133. The van der Waals surface area contributed by atoms with Gasteiger partial charge in [0, 0.05) is 6.54 Å². The third kappa shape index (κ3) is 4.35. The van der Waals surface area contributed by atoms with E-state index in [0.29, 0.717) is 24.3 Å². The molecule has 3 atom stereocenters. The Hall–Kier alpha value is -2.44. The predicted octanol–water partition coefficient (Wildman–Crippen LogP) is 2.52. The number of aliphatic hydroxyl groups is 1. The van der Waals surface area contributed by atoms with Crippen LogP contribution in [0.2, 0.25) is 0 Å². The smallest absolute Gasteiger partial charge is 0.237 e. The second-order valence-corrected chi connectivity index (χ2v) is 6.19. The lowest BCUT2D eigenvalue weighted by atomic mass is 10.1. The standard InChI is InChI=1S/C19H21FN2O3/c1-12(22-19(24)17-10-14(23)11-21-17)13-7-8-18(16(20)9-13)25-15-5-3-2-4-6-15/h2-9,12,14,17,21,23H,10-11H2,1H3,(H,22,24)/t12-,14-,17+/m0/s1. The number of hydrogen-bond acceptors (Lipinski definition) is 4. The molecule has 6 heteroatoms. The number of rotatable bonds is 5. The number of benzene rings is 2. The van der Waals surface area contributed by atoms with Crippen LogP contribution in [0, 0.1) is 5.82 Å². The molecule has 25 heavy (non-hydrogen) atoms. The number of aliphatic hydroxyl groups excluding tert-OH is 1. The van der Waals surface area contributed by atoms with Crippen molar-refractivity contribution >= 4 is 5.91 Å². The lowest BCUT2D eigenvalue weighted by Crippen LogP contribution is -2.41. The first-order valence-corrected chi connectivity index (χ1v) is 8.27. The molecule has 3 rings (SSSR count). The molecule has 3 N–H and O–H groups in total. The predicted molar refractivity (Wildman–Crippen MR) is 91.9 cm³/mol. The fraction of sp³-hybridized carbons (Fsp3) is 0.316. The fourth-order valence-electron chi connectivity index (χ4n) is 2.80. The van der Waals surface area contributed by atoms with Crippen molar-refractivity contribution in [2.45, 2.75) is 31.5 Å². The molecular formula is C19H21FN2O3. The van der Waals surface area contributed by atoms with Gasteiger partial charge in [0.25, 0.3) is 0 Å². The van der Waals surface area contributed by atoms with Gasteiger partial charge in [0.15, 0.2) is 11.6 Å². The molecule has 0 aliphatic carbocycles. The number of nitrogens with one attached hydrogen (secondary N) is 2. The third-order valence-electron chi connectivity index (χ3n) is 4.21. The summed E-state index contributed by atoms with van der Waals surface area (Å²) in [4.78, 5) is 12.2. The Morgan fingerprint density at radius 3 is 2.72 bits per heavy atom. The highest BCUT2D eigenvalue weighted by Gasteiger charge is 2.28. The van der Waals surface area contributed by atoms with Crippen molar-refractivity contribution < 1.29 is 19.0 Å². The van der Waals surface area contributed by atoms with E-state index in [-0.39, 0.29) is 17.7 Å². The summed E-state index contributed by atoms with van der Waals surface area (Å²) < 4.78 is 19.8. The zero-order valence-corrected chi connectivity index (χ0v) is 13.9. The Labute approximate surface area is 145 Å². The van der Waals surface area contributed by atoms with Gasteiger partial charge in [-0.25, -0.2) is 4.39 Å². The quantitative estimate of drug-likeness (QED) is 0.779. The molecule has 1 aliphatic rings. The second kappa shape index (κ2) is 7.63. The van der Waals surface area contributed by atoms with Crippen molar-refractivity contribution in [1.82, 2.24) is 10.6 Å². The molecule has 2 aromatic carbocycles. The number of carbonyl (C=O) groups is 1. The van der Waals surface area contributed by atoms with Gasteiger partial charge in [0.05, 0.1) is 18.2 Å². The summed E-state index contributed by atoms with van der Waals surface area (Å²) >= 11 is 0. The fourth-order valence-corrected chi connectivity index (χ4v) is 2.80. The summed E-state index contributed by atoms with van der Waals surface area (Å²) in [6.07, 6.45) is -0.116. The SMILES string of the molecule is C[C@H](NC(=O)[C@H]1C[C@H](O)CN1)c1ccc(Oc2ccccc2)c(F)c1. The van der Waals surface area contributed by atoms with Gasteiger partial charge in [-0.3, -0.25) is 4.79 Å². The molecule has 2 aromatic rings. The average molecular weight is 344 g/mol. The van der Waals surface area contributed by atoms with Crippen molar-refractivity contribution in [3.63, 3.8) is 0 Å². The Morgan fingerprint density at radius 2 is 2.08 bits per heavy atom. The monoisotopic (exact) mass is 344 g/mol. The van der Waals surface area contributed by atoms with E-state index in [1.807, 2.05) is 18.2 Å². The topological polar surface area (TPSA) is 70.6 Å². The maximum Gasteiger partial charge on any atom is 0.237 e. The normalized spacial score (nSPS) is 20.9. The minimum atomic E-state index is -0.502. The van der Waals surface area contributed by atoms with Crippen molar-refractivity contribution in [1.29, 1.82) is 0 Å². The largest absolute Gasteiger partial charge is 0.454 e. The van der Waals surface area contributed by atoms with Crippen LogP contribution in [0.25, 0.3) is 0 Å². The number of carbonyl (C=O) groups excluding carboxylic acids is 1. The van der Waals surface area contributed by atoms with E-state index >= 15 is 0 Å². The third-order valence-corrected chi connectivity index (χ3v) is 4.21. The molecule has 5 nitrogen and oxygen atoms in total. The maximum atomic E-state index is 14.3. The number of para-hydroxylation sites is 1. The minimum Gasteiger partial charge on any atom is -0.454 e. The van der Waals surface area contributed by atoms with E-state index in [0.717, 1.165) is 0 Å². The highest BCUT2D eigenvalue weighted by atomic mass is 19.1. The van der Waals surface area contributed by atoms with Gasteiger partial charge in [-0.2, -0.15) is 0 Å². The van der Waals surface area contributed by atoms with Gasteiger partial charge in [0.1, 0.15) is 5.75 Å². The van der Waals surface area contributed by atoms with E-state index < -0.39 is 18.0 Å². The molecule has 0 radical (unpaired) electrons. The number of β-amino-alcohol motifs (C(OH)–C–C–N with tert-alkyl or cyclic N) is 1. The van der Waals surface area contributed by atoms with Crippen LogP contribution in [0.4, 0.5) is 4.39 Å². The lowest BCUT2D eigenvalue weighted by molar-refractivity contribution is -0.123. The van der Waals surface area contributed by atoms with Crippen molar-refractivity contribution in [2.24, 2.45) is 0 Å². The average Bonchev–Trinajstić information content (AvgIpc) is 3.04. The highest BCUT2D eigenvalue weighted by molar-refractivity contribution is 5.82. The Morgan fingerprint density at radius 1 is 1.32 bits per heavy atom. The van der Waals surface area contributed by atoms with Crippen LogP contribution in [0.15, 0.2) is 48.5 Å². The van der Waals surface area contributed by atoms with E-state index in [2.05, 4.69) is 10.6 Å². The maximum absolute atomic E-state index is 14.3. The number of amides is 1. The molecule has 1 amide bonds. The summed E-state index contributed by atoms with van der Waals surface area (Å²) in [7, 11) is 0. The molecule has 0 aromatic heterocycles. The van der Waals surface area contributed by atoms with Gasteiger partial charge < -0.3 is 20.5 Å². The van der Waals surface area contributed by atoms with Gasteiger partial charge in [-0.05, 0) is 43.2 Å². The van der Waals surface area contributed by atoms with Gasteiger partial charge in [-0.15, -0.1) is 0 Å². The first-order valence-electron chi connectivity index (χ1n) is 8.27. The number of halogens is 1. The van der Waals surface area contributed by atoms with Crippen LogP contribution in [-0.2, 0) is 4.79 Å². The molecule has 0 saturated carbocycles. The molecule has 1 saturated heterocycles. The Kier molecular flexibility index (Phi) is 5.31. The molecule has 0 bridgehead atoms. The molecule has 0 spiro atoms. The van der Waals surface area contributed by atoms with Gasteiger partial charge >= 0.3 is 0 Å². The van der Waals surface area contributed by atoms with Crippen molar-refractivity contribution in [2.75, 3.05) is 6.54 Å². The van der Waals surface area contributed by atoms with Crippen LogP contribution >= 0.6 is 0 Å². The van der Waals surface area contributed by atoms with E-state index in [4.69, 9.17) is 4.74 Å². The number of ether oxygens (including phenoxy) is 1. The zero-order chi connectivity index (χ0) is 17.8. The molecule has 1 aliphatic heterocycles. The summed E-state index contributed by atoms with van der Waals surface area (Å²) in [5.74, 6) is 0.00126. The summed E-state index contributed by atoms with van der Waals surface area (Å²) in [5, 5.41) is 15.3. The first kappa shape index (κ1) is 17.4. The van der Waals surface area contributed by atoms with Crippen LogP contribution < -0.4 is 15.4 Å². The molecule has 1 fully saturated rings. The summed E-state index contributed by atoms with van der Waals surface area (Å²) in [5.41, 5.74) is 0.643. The summed E-state index contributed by atoms with van der Waals surface area (Å²) in [6.45, 7) is 2.20. The Bertz CT molecular complexity index is 739. The molecular weight excluding hydrogens is 323 g/mol. The van der Waals surface area contributed by atoms with Gasteiger partial charge in [0.2, 0.25) is 5.91 Å². The van der Waals surface area contributed by atoms with Gasteiger partial charge in [-0.1, -0.05) is 24.3 Å². The zero-order valence-electron chi connectivity index (χ0n) is 13.9. The van der Waals surface area contributed by atoms with E-state index in [1.54, 1.807) is 31.2 Å². The summed E-state index contributed by atoms with van der Waals surface area (Å²) in [6, 6.07) is 12.9. The van der Waals surface area contributed by atoms with E-state index in [9.17, 15) is 14.3 Å².